The molecule has 0 radical (unpaired) electrons. The first-order valence-electron chi connectivity index (χ1n) is 7.62. The first-order chi connectivity index (χ1) is 9.73. The molecule has 0 aromatic heterocycles. The Labute approximate surface area is 128 Å². The molecule has 4 nitrogen and oxygen atoms in total. The Morgan fingerprint density at radius 1 is 1.24 bits per heavy atom. The molecule has 1 heterocycles. The molecule has 4 heteroatoms. The number of nitrogens with zero attached hydrogens (tertiary/aromatic N) is 1. The van der Waals surface area contributed by atoms with Crippen LogP contribution < -0.4 is 10.2 Å². The van der Waals surface area contributed by atoms with Gasteiger partial charge in [0, 0.05) is 25.0 Å². The highest BCUT2D eigenvalue weighted by Crippen LogP contribution is 2.38. The van der Waals surface area contributed by atoms with Crippen molar-refractivity contribution in [2.24, 2.45) is 0 Å². The third-order valence-electron chi connectivity index (χ3n) is 4.16. The number of hydrogen-bond acceptors (Lipinski definition) is 4. The van der Waals surface area contributed by atoms with Gasteiger partial charge in [-0.25, -0.2) is 0 Å². The Balaban J connectivity index is 2.04. The van der Waals surface area contributed by atoms with Gasteiger partial charge in [-0.1, -0.05) is 0 Å². The van der Waals surface area contributed by atoms with Crippen LogP contribution in [-0.2, 0) is 4.74 Å². The molecule has 0 spiro atoms. The van der Waals surface area contributed by atoms with Gasteiger partial charge in [0.05, 0.1) is 23.9 Å². The maximum absolute atomic E-state index is 8.98. The number of benzene rings is 1. The standard InChI is InChI=1S/C17H28N2O2/c1-16(2)12-15(17(3,4)21-16)18-13-6-8-14(9-7-13)19(5)10-11-20/h6-9,15,18,20H,10-12H2,1-5H3. The fourth-order valence-corrected chi connectivity index (χ4v) is 3.08. The Kier molecular flexibility index (Phi) is 4.49. The highest BCUT2D eigenvalue weighted by Gasteiger charge is 2.45. The summed E-state index contributed by atoms with van der Waals surface area (Å²) in [6.07, 6.45) is 0.992. The summed E-state index contributed by atoms with van der Waals surface area (Å²) >= 11 is 0. The zero-order valence-corrected chi connectivity index (χ0v) is 13.8. The van der Waals surface area contributed by atoms with Crippen LogP contribution in [0.4, 0.5) is 11.4 Å². The van der Waals surface area contributed by atoms with Gasteiger partial charge in [-0.05, 0) is 58.4 Å². The van der Waals surface area contributed by atoms with Crippen molar-refractivity contribution >= 4 is 11.4 Å². The van der Waals surface area contributed by atoms with Crippen molar-refractivity contribution < 1.29 is 9.84 Å². The van der Waals surface area contributed by atoms with Gasteiger partial charge < -0.3 is 20.1 Å². The third kappa shape index (κ3) is 3.89. The highest BCUT2D eigenvalue weighted by molar-refractivity contribution is 5.55. The molecule has 0 amide bonds. The lowest BCUT2D eigenvalue weighted by molar-refractivity contribution is -0.0662. The average molecular weight is 292 g/mol. The summed E-state index contributed by atoms with van der Waals surface area (Å²) in [5.74, 6) is 0. The first kappa shape index (κ1) is 16.1. The van der Waals surface area contributed by atoms with E-state index < -0.39 is 0 Å². The largest absolute Gasteiger partial charge is 0.395 e. The maximum atomic E-state index is 8.98. The molecule has 0 saturated carbocycles. The smallest absolute Gasteiger partial charge is 0.0834 e. The summed E-state index contributed by atoms with van der Waals surface area (Å²) in [4.78, 5) is 2.04. The van der Waals surface area contributed by atoms with E-state index >= 15 is 0 Å². The van der Waals surface area contributed by atoms with Crippen molar-refractivity contribution in [3.63, 3.8) is 0 Å². The number of hydrogen-bond donors (Lipinski definition) is 2. The molecular formula is C17H28N2O2. The molecule has 21 heavy (non-hydrogen) atoms. The van der Waals surface area contributed by atoms with Gasteiger partial charge in [0.25, 0.3) is 0 Å². The normalized spacial score (nSPS) is 23.0. The number of likely N-dealkylation sites (N-methyl/N-ethyl adjacent to an activating group) is 1. The van der Waals surface area contributed by atoms with Gasteiger partial charge in [0.2, 0.25) is 0 Å². The summed E-state index contributed by atoms with van der Waals surface area (Å²) in [6.45, 7) is 9.38. The first-order valence-corrected chi connectivity index (χ1v) is 7.62. The Morgan fingerprint density at radius 2 is 1.86 bits per heavy atom. The van der Waals surface area contributed by atoms with Crippen molar-refractivity contribution in [1.82, 2.24) is 0 Å². The predicted molar refractivity (Wildman–Crippen MR) is 88.1 cm³/mol. The van der Waals surface area contributed by atoms with E-state index in [0.717, 1.165) is 17.8 Å². The van der Waals surface area contributed by atoms with Crippen molar-refractivity contribution in [3.8, 4) is 0 Å². The van der Waals surface area contributed by atoms with E-state index in [0.29, 0.717) is 12.6 Å². The van der Waals surface area contributed by atoms with Crippen LogP contribution in [0.1, 0.15) is 34.1 Å². The summed E-state index contributed by atoms with van der Waals surface area (Å²) in [5, 5.41) is 12.6. The number of aliphatic hydroxyl groups is 1. The van der Waals surface area contributed by atoms with E-state index in [1.165, 1.54) is 0 Å². The molecule has 2 N–H and O–H groups in total. The number of ether oxygens (including phenoxy) is 1. The molecule has 2 rings (SSSR count). The molecule has 1 fully saturated rings. The Hall–Kier alpha value is -1.26. The molecule has 0 bridgehead atoms. The van der Waals surface area contributed by atoms with Crippen LogP contribution in [0.2, 0.25) is 0 Å². The summed E-state index contributed by atoms with van der Waals surface area (Å²) in [7, 11) is 1.98. The van der Waals surface area contributed by atoms with E-state index in [2.05, 4.69) is 57.3 Å². The molecule has 1 aliphatic heterocycles. The van der Waals surface area contributed by atoms with Gasteiger partial charge >= 0.3 is 0 Å². The van der Waals surface area contributed by atoms with Crippen LogP contribution >= 0.6 is 0 Å². The van der Waals surface area contributed by atoms with Crippen LogP contribution in [0.15, 0.2) is 24.3 Å². The lowest BCUT2D eigenvalue weighted by atomic mass is 9.94. The molecular weight excluding hydrogens is 264 g/mol. The highest BCUT2D eigenvalue weighted by atomic mass is 16.5. The van der Waals surface area contributed by atoms with Gasteiger partial charge in [0.1, 0.15) is 0 Å². The van der Waals surface area contributed by atoms with E-state index in [-0.39, 0.29) is 17.8 Å². The van der Waals surface area contributed by atoms with Gasteiger partial charge in [-0.15, -0.1) is 0 Å². The number of nitrogens with one attached hydrogen (secondary N) is 1. The Bertz CT molecular complexity index is 468. The van der Waals surface area contributed by atoms with Crippen molar-refractivity contribution in [2.75, 3.05) is 30.4 Å². The minimum Gasteiger partial charge on any atom is -0.395 e. The lowest BCUT2D eigenvalue weighted by Gasteiger charge is -2.28. The minimum absolute atomic E-state index is 0.0809. The van der Waals surface area contributed by atoms with Crippen LogP contribution in [-0.4, -0.2) is 42.5 Å². The van der Waals surface area contributed by atoms with Crippen molar-refractivity contribution in [1.29, 1.82) is 0 Å². The van der Waals surface area contributed by atoms with Crippen LogP contribution in [0.3, 0.4) is 0 Å². The predicted octanol–water partition coefficient (Wildman–Crippen LogP) is 2.87. The van der Waals surface area contributed by atoms with Crippen LogP contribution in [0, 0.1) is 0 Å². The molecule has 118 valence electrons. The van der Waals surface area contributed by atoms with Crippen LogP contribution in [0.5, 0.6) is 0 Å². The van der Waals surface area contributed by atoms with E-state index in [4.69, 9.17) is 9.84 Å². The van der Waals surface area contributed by atoms with Gasteiger partial charge in [-0.3, -0.25) is 0 Å². The lowest BCUT2D eigenvalue weighted by Crippen LogP contribution is -2.38. The molecule has 1 saturated heterocycles. The maximum Gasteiger partial charge on any atom is 0.0834 e. The number of anilines is 2. The number of rotatable bonds is 5. The minimum atomic E-state index is -0.171. The molecule has 1 unspecified atom stereocenters. The summed E-state index contributed by atoms with van der Waals surface area (Å²) in [5.41, 5.74) is 1.96. The monoisotopic (exact) mass is 292 g/mol. The molecule has 1 atom stereocenters. The van der Waals surface area contributed by atoms with Gasteiger partial charge in [-0.2, -0.15) is 0 Å². The second kappa shape index (κ2) is 5.85. The molecule has 0 aliphatic carbocycles. The zero-order chi connectivity index (χ0) is 15.7. The van der Waals surface area contributed by atoms with E-state index in [1.807, 2.05) is 11.9 Å². The molecule has 1 aliphatic rings. The fourth-order valence-electron chi connectivity index (χ4n) is 3.08. The average Bonchev–Trinajstić information content (AvgIpc) is 2.58. The topological polar surface area (TPSA) is 44.7 Å². The second-order valence-corrected chi connectivity index (χ2v) is 7.06. The quantitative estimate of drug-likeness (QED) is 0.876. The Morgan fingerprint density at radius 3 is 2.33 bits per heavy atom. The summed E-state index contributed by atoms with van der Waals surface area (Å²) < 4.78 is 6.12. The SMILES string of the molecule is CN(CCO)c1ccc(NC2CC(C)(C)OC2(C)C)cc1. The number of aliphatic hydroxyl groups excluding tert-OH is 1. The van der Waals surface area contributed by atoms with E-state index in [1.54, 1.807) is 0 Å². The van der Waals surface area contributed by atoms with Gasteiger partial charge in [0.15, 0.2) is 0 Å². The molecule has 1 aromatic carbocycles. The van der Waals surface area contributed by atoms with Crippen molar-refractivity contribution in [2.45, 2.75) is 51.4 Å². The zero-order valence-electron chi connectivity index (χ0n) is 13.8. The third-order valence-corrected chi connectivity index (χ3v) is 4.16. The van der Waals surface area contributed by atoms with Crippen LogP contribution in [0.25, 0.3) is 0 Å². The van der Waals surface area contributed by atoms with E-state index in [9.17, 15) is 0 Å². The van der Waals surface area contributed by atoms with Crippen molar-refractivity contribution in [3.05, 3.63) is 24.3 Å². The molecule has 1 aromatic rings. The summed E-state index contributed by atoms with van der Waals surface area (Å²) in [6, 6.07) is 8.63. The second-order valence-electron chi connectivity index (χ2n) is 7.06. The fraction of sp³-hybridized carbons (Fsp3) is 0.647.